The molecule has 0 aliphatic carbocycles. The van der Waals surface area contributed by atoms with Gasteiger partial charge in [-0.15, -0.1) is 11.6 Å². The third-order valence-electron chi connectivity index (χ3n) is 3.17. The van der Waals surface area contributed by atoms with Crippen LogP contribution < -0.4 is 0 Å². The molecule has 0 bridgehead atoms. The van der Waals surface area contributed by atoms with E-state index in [1.807, 2.05) is 0 Å². The van der Waals surface area contributed by atoms with Gasteiger partial charge < -0.3 is 0 Å². The minimum atomic E-state index is -3.38. The van der Waals surface area contributed by atoms with Gasteiger partial charge in [-0.3, -0.25) is 5.10 Å². The molecule has 1 aliphatic heterocycles. The highest BCUT2D eigenvalue weighted by Gasteiger charge is 2.33. The second kappa shape index (κ2) is 4.96. The fourth-order valence-electron chi connectivity index (χ4n) is 2.14. The van der Waals surface area contributed by atoms with E-state index in [1.165, 1.54) is 10.5 Å². The molecular formula is C10H16ClN3O2S. The fraction of sp³-hybridized carbons (Fsp3) is 0.700. The van der Waals surface area contributed by atoms with Crippen LogP contribution in [-0.4, -0.2) is 41.9 Å². The number of nitrogens with one attached hydrogen (secondary N) is 1. The van der Waals surface area contributed by atoms with Crippen LogP contribution in [0.25, 0.3) is 0 Å². The summed E-state index contributed by atoms with van der Waals surface area (Å²) in [5.41, 5.74) is 0.589. The number of aromatic amines is 1. The first-order chi connectivity index (χ1) is 8.05. The quantitative estimate of drug-likeness (QED) is 0.845. The zero-order valence-corrected chi connectivity index (χ0v) is 11.3. The first-order valence-corrected chi connectivity index (χ1v) is 7.59. The van der Waals surface area contributed by atoms with E-state index in [1.54, 1.807) is 6.92 Å². The van der Waals surface area contributed by atoms with Gasteiger partial charge in [0.15, 0.2) is 0 Å². The van der Waals surface area contributed by atoms with Crippen LogP contribution in [-0.2, 0) is 10.0 Å². The summed E-state index contributed by atoms with van der Waals surface area (Å²) in [6, 6.07) is 0. The molecular weight excluding hydrogens is 262 g/mol. The highest BCUT2D eigenvalue weighted by atomic mass is 35.5. The Morgan fingerprint density at radius 1 is 1.65 bits per heavy atom. The summed E-state index contributed by atoms with van der Waals surface area (Å²) in [7, 11) is -3.38. The van der Waals surface area contributed by atoms with E-state index in [4.69, 9.17) is 11.6 Å². The van der Waals surface area contributed by atoms with Gasteiger partial charge in [0, 0.05) is 19.0 Å². The van der Waals surface area contributed by atoms with Crippen molar-refractivity contribution in [3.8, 4) is 0 Å². The maximum Gasteiger partial charge on any atom is 0.246 e. The molecule has 7 heteroatoms. The van der Waals surface area contributed by atoms with Crippen molar-refractivity contribution >= 4 is 21.6 Å². The van der Waals surface area contributed by atoms with Crippen LogP contribution >= 0.6 is 11.6 Å². The summed E-state index contributed by atoms with van der Waals surface area (Å²) < 4.78 is 26.1. The van der Waals surface area contributed by atoms with Gasteiger partial charge in [0.05, 0.1) is 11.9 Å². The number of hydrogen-bond acceptors (Lipinski definition) is 3. The maximum absolute atomic E-state index is 12.3. The molecule has 1 fully saturated rings. The number of sulfonamides is 1. The van der Waals surface area contributed by atoms with Gasteiger partial charge in [0.25, 0.3) is 0 Å². The molecule has 0 aromatic carbocycles. The number of H-pyrrole nitrogens is 1. The first-order valence-electron chi connectivity index (χ1n) is 5.61. The number of nitrogens with zero attached hydrogens (tertiary/aromatic N) is 2. The molecule has 1 N–H and O–H groups in total. The van der Waals surface area contributed by atoms with Crippen molar-refractivity contribution in [3.63, 3.8) is 0 Å². The van der Waals surface area contributed by atoms with Crippen molar-refractivity contribution in [1.82, 2.24) is 14.5 Å². The standard InChI is InChI=1S/C10H16ClN3O2S/c1-8-10(6-12-13-8)17(15,16)14-5-3-9(7-14)2-4-11/h6,9H,2-5,7H2,1H3,(H,12,13). The molecule has 1 unspecified atom stereocenters. The van der Waals surface area contributed by atoms with Gasteiger partial charge in [-0.2, -0.15) is 9.40 Å². The summed E-state index contributed by atoms with van der Waals surface area (Å²) in [5.74, 6) is 0.970. The molecule has 1 atom stereocenters. The highest BCUT2D eigenvalue weighted by molar-refractivity contribution is 7.89. The number of aromatic nitrogens is 2. The molecule has 0 spiro atoms. The van der Waals surface area contributed by atoms with E-state index in [2.05, 4.69) is 10.2 Å². The Hall–Kier alpha value is -0.590. The molecule has 1 saturated heterocycles. The second-order valence-corrected chi connectivity index (χ2v) is 6.64. The summed E-state index contributed by atoms with van der Waals surface area (Å²) >= 11 is 5.69. The zero-order chi connectivity index (χ0) is 12.5. The van der Waals surface area contributed by atoms with Gasteiger partial charge in [-0.05, 0) is 25.7 Å². The molecule has 0 radical (unpaired) electrons. The van der Waals surface area contributed by atoms with Crippen molar-refractivity contribution < 1.29 is 8.42 Å². The van der Waals surface area contributed by atoms with E-state index in [0.717, 1.165) is 12.8 Å². The van der Waals surface area contributed by atoms with Crippen molar-refractivity contribution in [2.75, 3.05) is 19.0 Å². The predicted octanol–water partition coefficient (Wildman–Crippen LogP) is 1.36. The summed E-state index contributed by atoms with van der Waals surface area (Å²) in [5, 5.41) is 6.42. The van der Waals surface area contributed by atoms with Gasteiger partial charge >= 0.3 is 0 Å². The van der Waals surface area contributed by atoms with Crippen LogP contribution in [0.4, 0.5) is 0 Å². The van der Waals surface area contributed by atoms with Crippen LogP contribution in [0, 0.1) is 12.8 Å². The normalized spacial score (nSPS) is 22.1. The van der Waals surface area contributed by atoms with E-state index >= 15 is 0 Å². The molecule has 1 aromatic rings. The lowest BCUT2D eigenvalue weighted by molar-refractivity contribution is 0.453. The van der Waals surface area contributed by atoms with Crippen molar-refractivity contribution in [2.45, 2.75) is 24.7 Å². The van der Waals surface area contributed by atoms with E-state index in [-0.39, 0.29) is 4.90 Å². The Morgan fingerprint density at radius 3 is 3.00 bits per heavy atom. The minimum absolute atomic E-state index is 0.282. The van der Waals surface area contributed by atoms with Gasteiger partial charge in [0.1, 0.15) is 4.90 Å². The number of hydrogen-bond donors (Lipinski definition) is 1. The number of aryl methyl sites for hydroxylation is 1. The number of halogens is 1. The second-order valence-electron chi connectivity index (χ2n) is 4.35. The molecule has 0 amide bonds. The van der Waals surface area contributed by atoms with Crippen molar-refractivity contribution in [2.24, 2.45) is 5.92 Å². The summed E-state index contributed by atoms with van der Waals surface area (Å²) in [4.78, 5) is 0.282. The van der Waals surface area contributed by atoms with Crippen LogP contribution in [0.5, 0.6) is 0 Å². The Labute approximate surface area is 106 Å². The van der Waals surface area contributed by atoms with Gasteiger partial charge in [0.2, 0.25) is 10.0 Å². The topological polar surface area (TPSA) is 66.1 Å². The average Bonchev–Trinajstić information content (AvgIpc) is 2.87. The molecule has 1 aliphatic rings. The summed E-state index contributed by atoms with van der Waals surface area (Å²) in [6.07, 6.45) is 3.14. The molecule has 96 valence electrons. The van der Waals surface area contributed by atoms with Crippen molar-refractivity contribution in [3.05, 3.63) is 11.9 Å². The highest BCUT2D eigenvalue weighted by Crippen LogP contribution is 2.26. The monoisotopic (exact) mass is 277 g/mol. The van der Waals surface area contributed by atoms with E-state index in [0.29, 0.717) is 30.6 Å². The van der Waals surface area contributed by atoms with E-state index < -0.39 is 10.0 Å². The molecule has 1 aromatic heterocycles. The van der Waals surface area contributed by atoms with Crippen LogP contribution in [0.2, 0.25) is 0 Å². The predicted molar refractivity (Wildman–Crippen MR) is 65.5 cm³/mol. The fourth-order valence-corrected chi connectivity index (χ4v) is 4.10. The lowest BCUT2D eigenvalue weighted by atomic mass is 10.1. The zero-order valence-electron chi connectivity index (χ0n) is 9.69. The molecule has 2 heterocycles. The van der Waals surface area contributed by atoms with Gasteiger partial charge in [-0.1, -0.05) is 0 Å². The molecule has 17 heavy (non-hydrogen) atoms. The lowest BCUT2D eigenvalue weighted by Gasteiger charge is -2.15. The van der Waals surface area contributed by atoms with Crippen molar-refractivity contribution in [1.29, 1.82) is 0 Å². The average molecular weight is 278 g/mol. The maximum atomic E-state index is 12.3. The number of rotatable bonds is 4. The number of alkyl halides is 1. The third-order valence-corrected chi connectivity index (χ3v) is 5.36. The Balaban J connectivity index is 2.16. The Kier molecular flexibility index (Phi) is 3.75. The molecule has 0 saturated carbocycles. The van der Waals surface area contributed by atoms with Crippen LogP contribution in [0.15, 0.2) is 11.1 Å². The van der Waals surface area contributed by atoms with Crippen LogP contribution in [0.1, 0.15) is 18.5 Å². The Morgan fingerprint density at radius 2 is 2.41 bits per heavy atom. The van der Waals surface area contributed by atoms with Gasteiger partial charge in [-0.25, -0.2) is 8.42 Å². The van der Waals surface area contributed by atoms with Crippen LogP contribution in [0.3, 0.4) is 0 Å². The first kappa shape index (κ1) is 12.9. The smallest absolute Gasteiger partial charge is 0.246 e. The molecule has 2 rings (SSSR count). The lowest BCUT2D eigenvalue weighted by Crippen LogP contribution is -2.29. The SMILES string of the molecule is Cc1[nH]ncc1S(=O)(=O)N1CCC(CCCl)C1. The summed E-state index contributed by atoms with van der Waals surface area (Å²) in [6.45, 7) is 2.86. The molecule has 5 nitrogen and oxygen atoms in total. The third kappa shape index (κ3) is 2.48. The minimum Gasteiger partial charge on any atom is -0.281 e. The Bertz CT molecular complexity index is 485. The van der Waals surface area contributed by atoms with E-state index in [9.17, 15) is 8.42 Å². The largest absolute Gasteiger partial charge is 0.281 e.